The van der Waals surface area contributed by atoms with E-state index in [2.05, 4.69) is 0 Å². The molecule has 4 nitrogen and oxygen atoms in total. The maximum absolute atomic E-state index is 10.5. The second-order valence-corrected chi connectivity index (χ2v) is 3.49. The van der Waals surface area contributed by atoms with E-state index in [9.17, 15) is 4.79 Å². The van der Waals surface area contributed by atoms with Crippen LogP contribution in [-0.2, 0) is 4.79 Å². The minimum Gasteiger partial charge on any atom is -0.492 e. The van der Waals surface area contributed by atoms with Crippen molar-refractivity contribution in [3.05, 3.63) is 23.3 Å². The van der Waals surface area contributed by atoms with Crippen molar-refractivity contribution in [2.75, 3.05) is 12.3 Å². The molecule has 0 bridgehead atoms. The monoisotopic (exact) mass is 208 g/mol. The van der Waals surface area contributed by atoms with Crippen LogP contribution >= 0.6 is 0 Å². The second kappa shape index (κ2) is 4.68. The maximum atomic E-state index is 10.5. The van der Waals surface area contributed by atoms with Crippen LogP contribution in [0.5, 0.6) is 5.75 Å². The Hall–Kier alpha value is -1.71. The summed E-state index contributed by atoms with van der Waals surface area (Å²) in [5.74, 6) is 0.380. The minimum absolute atomic E-state index is 0.216. The zero-order chi connectivity index (χ0) is 11.4. The Balaban J connectivity index is 2.75. The fraction of sp³-hybridized carbons (Fsp3) is 0.364. The van der Waals surface area contributed by atoms with Gasteiger partial charge in [0.05, 0.1) is 13.0 Å². The van der Waals surface area contributed by atoms with Crippen molar-refractivity contribution in [3.63, 3.8) is 0 Å². The molecule has 0 aliphatic heterocycles. The van der Waals surface area contributed by atoms with Gasteiger partial charge in [0.1, 0.15) is 5.75 Å². The van der Waals surface area contributed by atoms with Crippen LogP contribution in [0.4, 0.5) is 5.69 Å². The van der Waals surface area contributed by atoms with Crippen molar-refractivity contribution in [1.29, 1.82) is 0 Å². The molecular weight excluding hydrogens is 192 g/mol. The Morgan fingerprint density at radius 1 is 1.40 bits per heavy atom. The average molecular weight is 208 g/mol. The third-order valence-corrected chi connectivity index (χ3v) is 2.24. The summed E-state index contributed by atoms with van der Waals surface area (Å²) >= 11 is 0. The van der Waals surface area contributed by atoms with E-state index in [4.69, 9.17) is 16.2 Å². The van der Waals surface area contributed by atoms with Crippen molar-refractivity contribution in [2.24, 2.45) is 5.73 Å². The van der Waals surface area contributed by atoms with Crippen LogP contribution in [0, 0.1) is 13.8 Å². The van der Waals surface area contributed by atoms with Crippen LogP contribution in [0.1, 0.15) is 17.5 Å². The molecule has 1 amide bonds. The third kappa shape index (κ3) is 2.87. The lowest BCUT2D eigenvalue weighted by atomic mass is 10.1. The molecule has 0 aliphatic rings. The largest absolute Gasteiger partial charge is 0.492 e. The molecule has 0 aliphatic carbocycles. The first-order chi connectivity index (χ1) is 7.02. The van der Waals surface area contributed by atoms with E-state index in [1.54, 1.807) is 0 Å². The number of amides is 1. The van der Waals surface area contributed by atoms with Crippen LogP contribution in [-0.4, -0.2) is 12.5 Å². The first-order valence-corrected chi connectivity index (χ1v) is 4.79. The highest BCUT2D eigenvalue weighted by Gasteiger charge is 2.07. The van der Waals surface area contributed by atoms with E-state index in [0.717, 1.165) is 16.9 Å². The topological polar surface area (TPSA) is 78.3 Å². The van der Waals surface area contributed by atoms with Crippen LogP contribution < -0.4 is 16.2 Å². The normalized spacial score (nSPS) is 10.0. The lowest BCUT2D eigenvalue weighted by Gasteiger charge is -2.12. The standard InChI is InChI=1S/C11H16N2O2/c1-7-3-4-9(12)8(2)11(7)15-6-5-10(13)14/h3-4H,5-6,12H2,1-2H3,(H2,13,14). The fourth-order valence-electron chi connectivity index (χ4n) is 1.32. The number of aryl methyl sites for hydroxylation is 1. The molecule has 82 valence electrons. The van der Waals surface area contributed by atoms with Gasteiger partial charge in [-0.3, -0.25) is 4.79 Å². The van der Waals surface area contributed by atoms with Crippen LogP contribution in [0.2, 0.25) is 0 Å². The Bertz CT molecular complexity index is 375. The molecular formula is C11H16N2O2. The van der Waals surface area contributed by atoms with Crippen LogP contribution in [0.25, 0.3) is 0 Å². The van der Waals surface area contributed by atoms with Gasteiger partial charge in [-0.1, -0.05) is 6.07 Å². The average Bonchev–Trinajstić information content (AvgIpc) is 2.17. The molecule has 0 unspecified atom stereocenters. The van der Waals surface area contributed by atoms with Gasteiger partial charge in [0.25, 0.3) is 0 Å². The van der Waals surface area contributed by atoms with Gasteiger partial charge in [0.2, 0.25) is 5.91 Å². The number of nitrogens with two attached hydrogens (primary N) is 2. The van der Waals surface area contributed by atoms with Crippen molar-refractivity contribution in [2.45, 2.75) is 20.3 Å². The molecule has 0 heterocycles. The summed E-state index contributed by atoms with van der Waals surface area (Å²) < 4.78 is 5.48. The molecule has 0 radical (unpaired) electrons. The molecule has 1 aromatic rings. The lowest BCUT2D eigenvalue weighted by molar-refractivity contribution is -0.118. The molecule has 0 atom stereocenters. The molecule has 4 N–H and O–H groups in total. The number of ether oxygens (including phenoxy) is 1. The van der Waals surface area contributed by atoms with Crippen molar-refractivity contribution >= 4 is 11.6 Å². The molecule has 4 heteroatoms. The maximum Gasteiger partial charge on any atom is 0.220 e. The van der Waals surface area contributed by atoms with Gasteiger partial charge < -0.3 is 16.2 Å². The molecule has 1 rings (SSSR count). The Morgan fingerprint density at radius 3 is 2.67 bits per heavy atom. The van der Waals surface area contributed by atoms with Gasteiger partial charge in [0.15, 0.2) is 0 Å². The molecule has 0 spiro atoms. The van der Waals surface area contributed by atoms with Crippen molar-refractivity contribution in [3.8, 4) is 5.75 Å². The first kappa shape index (κ1) is 11.4. The zero-order valence-electron chi connectivity index (χ0n) is 9.04. The Kier molecular flexibility index (Phi) is 3.55. The number of hydrogen-bond acceptors (Lipinski definition) is 3. The number of hydrogen-bond donors (Lipinski definition) is 2. The Labute approximate surface area is 89.2 Å². The van der Waals surface area contributed by atoms with Crippen LogP contribution in [0.15, 0.2) is 12.1 Å². The van der Waals surface area contributed by atoms with E-state index >= 15 is 0 Å². The van der Waals surface area contributed by atoms with Gasteiger partial charge in [-0.2, -0.15) is 0 Å². The summed E-state index contributed by atoms with van der Waals surface area (Å²) in [6.45, 7) is 4.12. The van der Waals surface area contributed by atoms with Gasteiger partial charge in [-0.25, -0.2) is 0 Å². The number of benzene rings is 1. The molecule has 0 aromatic heterocycles. The smallest absolute Gasteiger partial charge is 0.220 e. The molecule has 0 fully saturated rings. The predicted octanol–water partition coefficient (Wildman–Crippen LogP) is 1.14. The SMILES string of the molecule is Cc1ccc(N)c(C)c1OCCC(N)=O. The number of nitrogen functional groups attached to an aromatic ring is 1. The van der Waals surface area contributed by atoms with Gasteiger partial charge in [-0.05, 0) is 25.5 Å². The van der Waals surface area contributed by atoms with E-state index in [0.29, 0.717) is 12.3 Å². The highest BCUT2D eigenvalue weighted by Crippen LogP contribution is 2.27. The molecule has 1 aromatic carbocycles. The number of carbonyl (C=O) groups is 1. The molecule has 0 saturated carbocycles. The van der Waals surface area contributed by atoms with Crippen molar-refractivity contribution < 1.29 is 9.53 Å². The summed E-state index contributed by atoms with van der Waals surface area (Å²) in [5, 5.41) is 0. The number of carbonyl (C=O) groups excluding carboxylic acids is 1. The first-order valence-electron chi connectivity index (χ1n) is 4.79. The number of rotatable bonds is 4. The summed E-state index contributed by atoms with van der Waals surface area (Å²) in [6.07, 6.45) is 0.216. The van der Waals surface area contributed by atoms with Gasteiger partial charge >= 0.3 is 0 Å². The number of anilines is 1. The Morgan fingerprint density at radius 2 is 2.07 bits per heavy atom. The lowest BCUT2D eigenvalue weighted by Crippen LogP contribution is -2.15. The minimum atomic E-state index is -0.366. The van der Waals surface area contributed by atoms with E-state index < -0.39 is 0 Å². The van der Waals surface area contributed by atoms with E-state index in [1.807, 2.05) is 26.0 Å². The highest BCUT2D eigenvalue weighted by atomic mass is 16.5. The van der Waals surface area contributed by atoms with E-state index in [1.165, 1.54) is 0 Å². The molecule has 0 saturated heterocycles. The zero-order valence-corrected chi connectivity index (χ0v) is 9.04. The van der Waals surface area contributed by atoms with E-state index in [-0.39, 0.29) is 12.3 Å². The van der Waals surface area contributed by atoms with Gasteiger partial charge in [0, 0.05) is 11.3 Å². The van der Waals surface area contributed by atoms with Crippen molar-refractivity contribution in [1.82, 2.24) is 0 Å². The van der Waals surface area contributed by atoms with Gasteiger partial charge in [-0.15, -0.1) is 0 Å². The third-order valence-electron chi connectivity index (χ3n) is 2.24. The summed E-state index contributed by atoms with van der Waals surface area (Å²) in [5.41, 5.74) is 13.4. The summed E-state index contributed by atoms with van der Waals surface area (Å²) in [4.78, 5) is 10.5. The fourth-order valence-corrected chi connectivity index (χ4v) is 1.32. The predicted molar refractivity (Wildman–Crippen MR) is 59.6 cm³/mol. The highest BCUT2D eigenvalue weighted by molar-refractivity contribution is 5.73. The van der Waals surface area contributed by atoms with Crippen LogP contribution in [0.3, 0.4) is 0 Å². The quantitative estimate of drug-likeness (QED) is 0.728. The molecule has 15 heavy (non-hydrogen) atoms. The summed E-state index contributed by atoms with van der Waals surface area (Å²) in [7, 11) is 0. The number of primary amides is 1. The summed E-state index contributed by atoms with van der Waals surface area (Å²) in [6, 6.07) is 3.73. The second-order valence-electron chi connectivity index (χ2n) is 3.49.